The molecular formula is C45H31F. The fourth-order valence-electron chi connectivity index (χ4n) is 7.91. The first-order valence-corrected chi connectivity index (χ1v) is 16.0. The molecule has 0 unspecified atom stereocenters. The van der Waals surface area contributed by atoms with E-state index < -0.39 is 0 Å². The third-order valence-electron chi connectivity index (χ3n) is 10.1. The van der Waals surface area contributed by atoms with Crippen molar-refractivity contribution < 1.29 is 4.39 Å². The van der Waals surface area contributed by atoms with Gasteiger partial charge in [0.1, 0.15) is 5.82 Å². The summed E-state index contributed by atoms with van der Waals surface area (Å²) in [5.41, 5.74) is 12.2. The number of rotatable bonds is 3. The number of hydrogen-bond acceptors (Lipinski definition) is 0. The molecule has 0 fully saturated rings. The Kier molecular flexibility index (Phi) is 5.83. The maximum atomic E-state index is 14.2. The Balaban J connectivity index is 1.43. The fraction of sp³-hybridized carbons (Fsp3) is 0.0667. The van der Waals surface area contributed by atoms with Crippen molar-refractivity contribution in [2.75, 3.05) is 0 Å². The number of hydrogen-bond donors (Lipinski definition) is 0. The third kappa shape index (κ3) is 3.91. The topological polar surface area (TPSA) is 0 Å². The van der Waals surface area contributed by atoms with Crippen LogP contribution in [-0.2, 0) is 5.41 Å². The minimum Gasteiger partial charge on any atom is -0.207 e. The van der Waals surface area contributed by atoms with E-state index in [4.69, 9.17) is 0 Å². The van der Waals surface area contributed by atoms with E-state index in [9.17, 15) is 4.39 Å². The van der Waals surface area contributed by atoms with Crippen LogP contribution in [0.15, 0.2) is 152 Å². The first-order valence-electron chi connectivity index (χ1n) is 16.0. The number of fused-ring (bicyclic) bond motifs is 6. The number of halogens is 1. The monoisotopic (exact) mass is 590 g/mol. The lowest BCUT2D eigenvalue weighted by atomic mass is 9.80. The van der Waals surface area contributed by atoms with Gasteiger partial charge in [0, 0.05) is 5.41 Å². The van der Waals surface area contributed by atoms with E-state index in [1.165, 1.54) is 71.4 Å². The highest BCUT2D eigenvalue weighted by Crippen LogP contribution is 2.54. The Bertz CT molecular complexity index is 2500. The zero-order valence-electron chi connectivity index (χ0n) is 25.8. The van der Waals surface area contributed by atoms with Crippen LogP contribution in [-0.4, -0.2) is 0 Å². The molecule has 0 spiro atoms. The summed E-state index contributed by atoms with van der Waals surface area (Å²) in [4.78, 5) is 0. The van der Waals surface area contributed by atoms with E-state index >= 15 is 0 Å². The molecule has 0 nitrogen and oxygen atoms in total. The van der Waals surface area contributed by atoms with Gasteiger partial charge in [-0.3, -0.25) is 0 Å². The molecule has 1 aliphatic carbocycles. The van der Waals surface area contributed by atoms with E-state index in [0.717, 1.165) is 16.5 Å². The summed E-state index contributed by atoms with van der Waals surface area (Å²) in [5, 5.41) is 7.18. The van der Waals surface area contributed by atoms with Crippen molar-refractivity contribution in [3.8, 4) is 44.5 Å². The Morgan fingerprint density at radius 3 is 1.80 bits per heavy atom. The minimum atomic E-state index is -0.228. The molecule has 8 aromatic rings. The molecule has 0 saturated carbocycles. The molecule has 0 N–H and O–H groups in total. The Morgan fingerprint density at radius 1 is 0.391 bits per heavy atom. The average molecular weight is 591 g/mol. The van der Waals surface area contributed by atoms with Crippen molar-refractivity contribution >= 4 is 32.3 Å². The SMILES string of the molecule is CC1(C)c2ccccc2-c2c(-c3c4ccccc4c(-c4ccc(F)cc4)c4ccc(-c5ccc6ccccc6c5)cc34)cccc21. The van der Waals surface area contributed by atoms with Gasteiger partial charge in [0.25, 0.3) is 0 Å². The molecule has 1 heteroatoms. The normalized spacial score (nSPS) is 13.3. The Morgan fingerprint density at radius 2 is 0.978 bits per heavy atom. The van der Waals surface area contributed by atoms with E-state index in [2.05, 4.69) is 141 Å². The van der Waals surface area contributed by atoms with Crippen LogP contribution in [0, 0.1) is 5.82 Å². The van der Waals surface area contributed by atoms with Crippen LogP contribution in [0.3, 0.4) is 0 Å². The van der Waals surface area contributed by atoms with Crippen LogP contribution in [0.2, 0.25) is 0 Å². The highest BCUT2D eigenvalue weighted by Gasteiger charge is 2.37. The van der Waals surface area contributed by atoms with Gasteiger partial charge in [-0.25, -0.2) is 4.39 Å². The van der Waals surface area contributed by atoms with Crippen molar-refractivity contribution in [3.63, 3.8) is 0 Å². The lowest BCUT2D eigenvalue weighted by Crippen LogP contribution is -2.14. The molecule has 9 rings (SSSR count). The van der Waals surface area contributed by atoms with Gasteiger partial charge in [-0.2, -0.15) is 0 Å². The largest absolute Gasteiger partial charge is 0.207 e. The maximum Gasteiger partial charge on any atom is 0.123 e. The van der Waals surface area contributed by atoms with Crippen LogP contribution in [0.1, 0.15) is 25.0 Å². The Labute approximate surface area is 268 Å². The van der Waals surface area contributed by atoms with Gasteiger partial charge in [-0.15, -0.1) is 0 Å². The van der Waals surface area contributed by atoms with Gasteiger partial charge in [0.15, 0.2) is 0 Å². The molecule has 218 valence electrons. The molecule has 0 bridgehead atoms. The third-order valence-corrected chi connectivity index (χ3v) is 10.1. The van der Waals surface area contributed by atoms with Crippen LogP contribution >= 0.6 is 0 Å². The predicted octanol–water partition coefficient (Wildman–Crippen LogP) is 12.6. The lowest BCUT2D eigenvalue weighted by Gasteiger charge is -2.23. The average Bonchev–Trinajstić information content (AvgIpc) is 3.33. The molecule has 0 heterocycles. The van der Waals surface area contributed by atoms with E-state index in [0.29, 0.717) is 0 Å². The van der Waals surface area contributed by atoms with E-state index in [1.54, 1.807) is 12.1 Å². The van der Waals surface area contributed by atoms with Crippen molar-refractivity contribution in [2.24, 2.45) is 0 Å². The molecular weight excluding hydrogens is 559 g/mol. The Hall–Kier alpha value is -5.53. The van der Waals surface area contributed by atoms with Gasteiger partial charge < -0.3 is 0 Å². The van der Waals surface area contributed by atoms with Gasteiger partial charge in [0.05, 0.1) is 0 Å². The molecule has 0 radical (unpaired) electrons. The zero-order valence-corrected chi connectivity index (χ0v) is 25.8. The second-order valence-corrected chi connectivity index (χ2v) is 13.0. The lowest BCUT2D eigenvalue weighted by molar-refractivity contribution is 0.628. The zero-order chi connectivity index (χ0) is 31.0. The van der Waals surface area contributed by atoms with Crippen molar-refractivity contribution in [1.29, 1.82) is 0 Å². The smallest absolute Gasteiger partial charge is 0.123 e. The highest BCUT2D eigenvalue weighted by atomic mass is 19.1. The molecule has 1 aliphatic rings. The fourth-order valence-corrected chi connectivity index (χ4v) is 7.91. The van der Waals surface area contributed by atoms with Crippen LogP contribution in [0.5, 0.6) is 0 Å². The summed E-state index contributed by atoms with van der Waals surface area (Å²) >= 11 is 0. The van der Waals surface area contributed by atoms with Gasteiger partial charge in [0.2, 0.25) is 0 Å². The van der Waals surface area contributed by atoms with Gasteiger partial charge >= 0.3 is 0 Å². The van der Waals surface area contributed by atoms with Crippen molar-refractivity contribution in [3.05, 3.63) is 169 Å². The summed E-state index contributed by atoms with van der Waals surface area (Å²) in [6, 6.07) is 53.5. The molecule has 46 heavy (non-hydrogen) atoms. The van der Waals surface area contributed by atoms with Crippen LogP contribution in [0.4, 0.5) is 4.39 Å². The van der Waals surface area contributed by atoms with Gasteiger partial charge in [-0.05, 0) is 112 Å². The first-order chi connectivity index (χ1) is 22.5. The molecule has 8 aromatic carbocycles. The van der Waals surface area contributed by atoms with Gasteiger partial charge in [-0.1, -0.05) is 141 Å². The predicted molar refractivity (Wildman–Crippen MR) is 193 cm³/mol. The second-order valence-electron chi connectivity index (χ2n) is 13.0. The summed E-state index contributed by atoms with van der Waals surface area (Å²) < 4.78 is 14.2. The second kappa shape index (κ2) is 9.99. The highest BCUT2D eigenvalue weighted by molar-refractivity contribution is 6.23. The molecule has 0 atom stereocenters. The summed E-state index contributed by atoms with van der Waals surface area (Å²) in [5.74, 6) is -0.228. The van der Waals surface area contributed by atoms with E-state index in [1.807, 2.05) is 12.1 Å². The summed E-state index contributed by atoms with van der Waals surface area (Å²) in [6.45, 7) is 4.68. The van der Waals surface area contributed by atoms with Crippen molar-refractivity contribution in [1.82, 2.24) is 0 Å². The molecule has 0 saturated heterocycles. The first kappa shape index (κ1) is 26.8. The van der Waals surface area contributed by atoms with E-state index in [-0.39, 0.29) is 11.2 Å². The minimum absolute atomic E-state index is 0.0994. The van der Waals surface area contributed by atoms with Crippen LogP contribution < -0.4 is 0 Å². The molecule has 0 aromatic heterocycles. The van der Waals surface area contributed by atoms with Crippen LogP contribution in [0.25, 0.3) is 76.8 Å². The molecule has 0 amide bonds. The quantitative estimate of drug-likeness (QED) is 0.180. The van der Waals surface area contributed by atoms with Crippen molar-refractivity contribution in [2.45, 2.75) is 19.3 Å². The maximum absolute atomic E-state index is 14.2. The summed E-state index contributed by atoms with van der Waals surface area (Å²) in [7, 11) is 0. The number of benzene rings is 8. The molecule has 0 aliphatic heterocycles. The standard InChI is InChI=1S/C45H31F/c1-45(2)40-16-8-7-14-37(40)44-38(15-9-17-41(44)45)43-35-13-6-5-12-34(35)42(29-20-23-33(46)24-21-29)36-25-22-32(27-39(36)43)31-19-18-28-10-3-4-11-30(28)26-31/h3-27H,1-2H3. The summed E-state index contributed by atoms with van der Waals surface area (Å²) in [6.07, 6.45) is 0.